The fourth-order valence-corrected chi connectivity index (χ4v) is 4.39. The Bertz CT molecular complexity index is 891. The van der Waals surface area contributed by atoms with Crippen molar-refractivity contribution in [3.8, 4) is 6.07 Å². The highest BCUT2D eigenvalue weighted by Crippen LogP contribution is 2.65. The SMILES string of the molecule is CN(C(=O)c1cc2ccc(C#N)c(Cl)c2n1C)C12CC(F)(C1)C2. The Labute approximate surface area is 138 Å². The lowest BCUT2D eigenvalue weighted by atomic mass is 9.47. The number of fused-ring (bicyclic) bond motifs is 1. The molecule has 1 aromatic carbocycles. The van der Waals surface area contributed by atoms with Gasteiger partial charge in [-0.05, 0) is 12.1 Å². The van der Waals surface area contributed by atoms with Crippen molar-refractivity contribution in [2.75, 3.05) is 7.05 Å². The minimum Gasteiger partial charge on any atom is -0.338 e. The van der Waals surface area contributed by atoms with Crippen LogP contribution in [0.15, 0.2) is 18.2 Å². The summed E-state index contributed by atoms with van der Waals surface area (Å²) in [5.41, 5.74) is 0.188. The van der Waals surface area contributed by atoms with Gasteiger partial charge in [0.05, 0.1) is 21.6 Å². The van der Waals surface area contributed by atoms with Gasteiger partial charge in [0, 0.05) is 38.7 Å². The van der Waals surface area contributed by atoms with Crippen LogP contribution in [-0.2, 0) is 7.05 Å². The van der Waals surface area contributed by atoms with Gasteiger partial charge in [-0.15, -0.1) is 0 Å². The molecule has 0 atom stereocenters. The first-order valence-electron chi connectivity index (χ1n) is 7.45. The molecule has 0 saturated heterocycles. The zero-order chi connectivity index (χ0) is 16.6. The largest absolute Gasteiger partial charge is 0.338 e. The predicted molar refractivity (Wildman–Crippen MR) is 85.2 cm³/mol. The monoisotopic (exact) mass is 331 g/mol. The van der Waals surface area contributed by atoms with E-state index in [0.717, 1.165) is 5.39 Å². The number of amides is 1. The van der Waals surface area contributed by atoms with E-state index in [1.807, 2.05) is 6.07 Å². The lowest BCUT2D eigenvalue weighted by molar-refractivity contribution is -0.207. The van der Waals surface area contributed by atoms with Crippen LogP contribution >= 0.6 is 11.6 Å². The maximum Gasteiger partial charge on any atom is 0.270 e. The van der Waals surface area contributed by atoms with E-state index in [-0.39, 0.29) is 11.4 Å². The van der Waals surface area contributed by atoms with Crippen LogP contribution in [0.1, 0.15) is 35.3 Å². The number of nitriles is 1. The summed E-state index contributed by atoms with van der Waals surface area (Å²) in [7, 11) is 3.50. The number of rotatable bonds is 2. The Morgan fingerprint density at radius 1 is 1.43 bits per heavy atom. The van der Waals surface area contributed by atoms with Crippen molar-refractivity contribution in [2.24, 2.45) is 7.05 Å². The first-order valence-corrected chi connectivity index (χ1v) is 7.83. The van der Waals surface area contributed by atoms with Gasteiger partial charge in [0.25, 0.3) is 5.91 Å². The van der Waals surface area contributed by atoms with Gasteiger partial charge in [-0.3, -0.25) is 4.79 Å². The first kappa shape index (κ1) is 14.5. The average molecular weight is 332 g/mol. The highest BCUT2D eigenvalue weighted by molar-refractivity contribution is 6.36. The molecule has 2 aromatic rings. The van der Waals surface area contributed by atoms with Crippen LogP contribution in [0.3, 0.4) is 0 Å². The molecule has 118 valence electrons. The van der Waals surface area contributed by atoms with Crippen LogP contribution in [0.4, 0.5) is 4.39 Å². The van der Waals surface area contributed by atoms with Gasteiger partial charge in [-0.25, -0.2) is 4.39 Å². The summed E-state index contributed by atoms with van der Waals surface area (Å²) < 4.78 is 15.4. The molecular weight excluding hydrogens is 317 g/mol. The normalized spacial score (nSPS) is 28.0. The summed E-state index contributed by atoms with van der Waals surface area (Å²) in [5, 5.41) is 10.3. The van der Waals surface area contributed by atoms with E-state index >= 15 is 0 Å². The summed E-state index contributed by atoms with van der Waals surface area (Å²) in [4.78, 5) is 14.5. The molecule has 3 aliphatic rings. The molecule has 23 heavy (non-hydrogen) atoms. The third-order valence-corrected chi connectivity index (χ3v) is 5.81. The van der Waals surface area contributed by atoms with Gasteiger partial charge >= 0.3 is 0 Å². The van der Waals surface area contributed by atoms with E-state index in [1.165, 1.54) is 0 Å². The standard InChI is InChI=1S/C17H15ClFN3O/c1-21-12(5-10-3-4-11(6-20)13(18)14(10)21)15(23)22(2)17-7-16(19,8-17)9-17/h3-5H,7-9H2,1-2H3. The zero-order valence-electron chi connectivity index (χ0n) is 12.9. The molecule has 0 aliphatic heterocycles. The smallest absolute Gasteiger partial charge is 0.270 e. The Morgan fingerprint density at radius 2 is 2.09 bits per heavy atom. The fourth-order valence-electron chi connectivity index (χ4n) is 4.05. The van der Waals surface area contributed by atoms with Crippen LogP contribution in [0.5, 0.6) is 0 Å². The molecule has 2 bridgehead atoms. The highest BCUT2D eigenvalue weighted by atomic mass is 35.5. The van der Waals surface area contributed by atoms with E-state index in [1.54, 1.807) is 41.8 Å². The highest BCUT2D eigenvalue weighted by Gasteiger charge is 2.71. The summed E-state index contributed by atoms with van der Waals surface area (Å²) in [6, 6.07) is 7.26. The molecule has 3 aliphatic carbocycles. The molecule has 0 radical (unpaired) electrons. The number of carbonyl (C=O) groups excluding carboxylic acids is 1. The number of hydrogen-bond acceptors (Lipinski definition) is 2. The zero-order valence-corrected chi connectivity index (χ0v) is 13.6. The number of benzene rings is 1. The summed E-state index contributed by atoms with van der Waals surface area (Å²) in [6.07, 6.45) is 1.31. The van der Waals surface area contributed by atoms with Crippen LogP contribution < -0.4 is 0 Å². The van der Waals surface area contributed by atoms with E-state index < -0.39 is 5.67 Å². The number of carbonyl (C=O) groups is 1. The average Bonchev–Trinajstić information content (AvgIpc) is 2.80. The quantitative estimate of drug-likeness (QED) is 0.846. The Balaban J connectivity index is 1.75. The van der Waals surface area contributed by atoms with Gasteiger partial charge in [0.2, 0.25) is 0 Å². The molecule has 1 heterocycles. The second-order valence-electron chi connectivity index (χ2n) is 6.84. The number of aromatic nitrogens is 1. The topological polar surface area (TPSA) is 49.0 Å². The molecule has 3 fully saturated rings. The maximum absolute atomic E-state index is 13.7. The summed E-state index contributed by atoms with van der Waals surface area (Å²) in [6.45, 7) is 0. The van der Waals surface area contributed by atoms with Crippen LogP contribution in [-0.4, -0.2) is 33.6 Å². The summed E-state index contributed by atoms with van der Waals surface area (Å²) >= 11 is 6.28. The van der Waals surface area contributed by atoms with Crippen LogP contribution in [0.2, 0.25) is 5.02 Å². The molecule has 3 saturated carbocycles. The Morgan fingerprint density at radius 3 is 2.65 bits per heavy atom. The lowest BCUT2D eigenvalue weighted by Gasteiger charge is -2.68. The second kappa shape index (κ2) is 4.27. The molecule has 0 unspecified atom stereocenters. The van der Waals surface area contributed by atoms with Gasteiger partial charge < -0.3 is 9.47 Å². The second-order valence-corrected chi connectivity index (χ2v) is 7.21. The van der Waals surface area contributed by atoms with Crippen molar-refractivity contribution in [1.82, 2.24) is 9.47 Å². The van der Waals surface area contributed by atoms with Crippen molar-refractivity contribution >= 4 is 28.4 Å². The molecule has 4 nitrogen and oxygen atoms in total. The first-order chi connectivity index (χ1) is 10.8. The minimum atomic E-state index is -1.04. The van der Waals surface area contributed by atoms with Crippen LogP contribution in [0.25, 0.3) is 10.9 Å². The molecule has 1 amide bonds. The van der Waals surface area contributed by atoms with Crippen molar-refractivity contribution in [2.45, 2.75) is 30.5 Å². The maximum atomic E-state index is 13.7. The fraction of sp³-hybridized carbons (Fsp3) is 0.412. The van der Waals surface area contributed by atoms with Crippen molar-refractivity contribution < 1.29 is 9.18 Å². The van der Waals surface area contributed by atoms with E-state index in [2.05, 4.69) is 0 Å². The molecular formula is C17H15ClFN3O. The van der Waals surface area contributed by atoms with E-state index in [0.29, 0.717) is 41.1 Å². The third-order valence-electron chi connectivity index (χ3n) is 5.43. The Kier molecular flexibility index (Phi) is 2.70. The van der Waals surface area contributed by atoms with Gasteiger partial charge in [0.15, 0.2) is 0 Å². The molecule has 1 aromatic heterocycles. The molecule has 0 spiro atoms. The van der Waals surface area contributed by atoms with Crippen molar-refractivity contribution in [3.05, 3.63) is 34.5 Å². The number of hydrogen-bond donors (Lipinski definition) is 0. The van der Waals surface area contributed by atoms with Crippen molar-refractivity contribution in [3.63, 3.8) is 0 Å². The third kappa shape index (κ3) is 1.73. The number of aryl methyl sites for hydroxylation is 1. The Hall–Kier alpha value is -2.06. The predicted octanol–water partition coefficient (Wildman–Crippen LogP) is 3.42. The molecule has 6 heteroatoms. The lowest BCUT2D eigenvalue weighted by Crippen LogP contribution is -2.76. The number of nitrogens with zero attached hydrogens (tertiary/aromatic N) is 3. The van der Waals surface area contributed by atoms with Gasteiger partial charge in [-0.1, -0.05) is 17.7 Å². The van der Waals surface area contributed by atoms with Crippen LogP contribution in [0, 0.1) is 11.3 Å². The van der Waals surface area contributed by atoms with Gasteiger partial charge in [0.1, 0.15) is 17.4 Å². The van der Waals surface area contributed by atoms with E-state index in [9.17, 15) is 9.18 Å². The number of alkyl halides is 1. The summed E-state index contributed by atoms with van der Waals surface area (Å²) in [5.74, 6) is -0.139. The molecule has 0 N–H and O–H groups in total. The number of halogens is 2. The minimum absolute atomic E-state index is 0.139. The molecule has 5 rings (SSSR count). The van der Waals surface area contributed by atoms with Crippen molar-refractivity contribution in [1.29, 1.82) is 5.26 Å². The van der Waals surface area contributed by atoms with E-state index in [4.69, 9.17) is 16.9 Å². The van der Waals surface area contributed by atoms with Gasteiger partial charge in [-0.2, -0.15) is 5.26 Å².